The van der Waals surface area contributed by atoms with Crippen molar-refractivity contribution in [3.8, 4) is 11.5 Å². The van der Waals surface area contributed by atoms with Crippen molar-refractivity contribution in [3.05, 3.63) is 58.0 Å². The second-order valence-electron chi connectivity index (χ2n) is 4.75. The van der Waals surface area contributed by atoms with Gasteiger partial charge in [0.05, 0.1) is 20.3 Å². The normalized spacial score (nSPS) is 11.6. The molecule has 1 aromatic carbocycles. The highest BCUT2D eigenvalue weighted by Crippen LogP contribution is 2.29. The molecular formula is C16H18N2O4. The van der Waals surface area contributed by atoms with Crippen molar-refractivity contribution in [1.82, 2.24) is 10.3 Å². The van der Waals surface area contributed by atoms with E-state index < -0.39 is 0 Å². The van der Waals surface area contributed by atoms with Crippen molar-refractivity contribution in [2.45, 2.75) is 13.0 Å². The van der Waals surface area contributed by atoms with Crippen LogP contribution in [-0.2, 0) is 0 Å². The van der Waals surface area contributed by atoms with Gasteiger partial charge in [-0.2, -0.15) is 0 Å². The summed E-state index contributed by atoms with van der Waals surface area (Å²) < 4.78 is 10.4. The number of hydrogen-bond donors (Lipinski definition) is 2. The van der Waals surface area contributed by atoms with Crippen molar-refractivity contribution in [2.75, 3.05) is 14.2 Å². The molecule has 0 spiro atoms. The number of methoxy groups -OCH3 is 2. The Balaban J connectivity index is 2.16. The van der Waals surface area contributed by atoms with E-state index in [1.54, 1.807) is 26.4 Å². The monoisotopic (exact) mass is 302 g/mol. The number of pyridine rings is 1. The summed E-state index contributed by atoms with van der Waals surface area (Å²) >= 11 is 0. The van der Waals surface area contributed by atoms with Gasteiger partial charge in [0.2, 0.25) is 5.56 Å². The molecule has 1 heterocycles. The highest BCUT2D eigenvalue weighted by Gasteiger charge is 2.14. The quantitative estimate of drug-likeness (QED) is 0.883. The SMILES string of the molecule is COc1ccc(C(C)NC(=O)c2cc[nH]c(=O)c2)cc1OC. The molecule has 0 bridgehead atoms. The molecule has 2 N–H and O–H groups in total. The first-order chi connectivity index (χ1) is 10.5. The molecular weight excluding hydrogens is 284 g/mol. The van der Waals surface area contributed by atoms with Crippen molar-refractivity contribution in [3.63, 3.8) is 0 Å². The van der Waals surface area contributed by atoms with Gasteiger partial charge in [0.15, 0.2) is 11.5 Å². The second kappa shape index (κ2) is 6.80. The molecule has 0 aliphatic rings. The number of aromatic nitrogens is 1. The average Bonchev–Trinajstić information content (AvgIpc) is 2.54. The number of carbonyl (C=O) groups excluding carboxylic acids is 1. The predicted molar refractivity (Wildman–Crippen MR) is 82.5 cm³/mol. The molecule has 0 aliphatic heterocycles. The van der Waals surface area contributed by atoms with E-state index in [0.717, 1.165) is 5.56 Å². The van der Waals surface area contributed by atoms with Crippen LogP contribution in [0.25, 0.3) is 0 Å². The Labute approximate surface area is 128 Å². The van der Waals surface area contributed by atoms with Crippen LogP contribution in [0.4, 0.5) is 0 Å². The first-order valence-corrected chi connectivity index (χ1v) is 6.76. The van der Waals surface area contributed by atoms with Crippen LogP contribution in [0, 0.1) is 0 Å². The molecule has 0 saturated heterocycles. The fraction of sp³-hybridized carbons (Fsp3) is 0.250. The molecule has 1 aromatic heterocycles. The molecule has 1 unspecified atom stereocenters. The third kappa shape index (κ3) is 3.46. The summed E-state index contributed by atoms with van der Waals surface area (Å²) in [6, 6.07) is 8.01. The van der Waals surface area contributed by atoms with E-state index >= 15 is 0 Å². The van der Waals surface area contributed by atoms with Crippen LogP contribution in [0.2, 0.25) is 0 Å². The van der Waals surface area contributed by atoms with Crippen molar-refractivity contribution < 1.29 is 14.3 Å². The summed E-state index contributed by atoms with van der Waals surface area (Å²) in [5, 5.41) is 2.84. The van der Waals surface area contributed by atoms with Crippen LogP contribution in [0.15, 0.2) is 41.3 Å². The van der Waals surface area contributed by atoms with Gasteiger partial charge in [-0.15, -0.1) is 0 Å². The van der Waals surface area contributed by atoms with Gasteiger partial charge < -0.3 is 19.8 Å². The molecule has 1 amide bonds. The van der Waals surface area contributed by atoms with Crippen LogP contribution in [-0.4, -0.2) is 25.1 Å². The minimum absolute atomic E-state index is 0.244. The molecule has 22 heavy (non-hydrogen) atoms. The summed E-state index contributed by atoms with van der Waals surface area (Å²) in [6.45, 7) is 1.85. The molecule has 116 valence electrons. The summed E-state index contributed by atoms with van der Waals surface area (Å²) in [6.07, 6.45) is 1.44. The van der Waals surface area contributed by atoms with Crippen LogP contribution in [0.3, 0.4) is 0 Å². The van der Waals surface area contributed by atoms with Gasteiger partial charge in [-0.25, -0.2) is 0 Å². The summed E-state index contributed by atoms with van der Waals surface area (Å²) in [4.78, 5) is 25.9. The van der Waals surface area contributed by atoms with Gasteiger partial charge in [-0.3, -0.25) is 9.59 Å². The predicted octanol–water partition coefficient (Wildman–Crippen LogP) is 1.88. The summed E-state index contributed by atoms with van der Waals surface area (Å²) in [7, 11) is 3.12. The first kappa shape index (κ1) is 15.6. The van der Waals surface area contributed by atoms with E-state index in [0.29, 0.717) is 17.1 Å². The zero-order valence-electron chi connectivity index (χ0n) is 12.7. The van der Waals surface area contributed by atoms with Gasteiger partial charge in [-0.1, -0.05) is 6.07 Å². The summed E-state index contributed by atoms with van der Waals surface area (Å²) in [5.41, 5.74) is 0.873. The molecule has 0 radical (unpaired) electrons. The Bertz CT molecular complexity index is 724. The zero-order chi connectivity index (χ0) is 16.1. The third-order valence-electron chi connectivity index (χ3n) is 3.29. The van der Waals surface area contributed by atoms with Gasteiger partial charge >= 0.3 is 0 Å². The highest BCUT2D eigenvalue weighted by atomic mass is 16.5. The molecule has 1 atom stereocenters. The van der Waals surface area contributed by atoms with Gasteiger partial charge in [0.1, 0.15) is 0 Å². The lowest BCUT2D eigenvalue weighted by molar-refractivity contribution is 0.0939. The lowest BCUT2D eigenvalue weighted by Crippen LogP contribution is -2.27. The molecule has 2 aromatic rings. The number of nitrogens with one attached hydrogen (secondary N) is 2. The van der Waals surface area contributed by atoms with Gasteiger partial charge in [-0.05, 0) is 30.7 Å². The maximum Gasteiger partial charge on any atom is 0.252 e. The van der Waals surface area contributed by atoms with Gasteiger partial charge in [0.25, 0.3) is 5.91 Å². The topological polar surface area (TPSA) is 80.4 Å². The number of carbonyl (C=O) groups is 1. The standard InChI is InChI=1S/C16H18N2O4/c1-10(11-4-5-13(21-2)14(8-11)22-3)18-16(20)12-6-7-17-15(19)9-12/h4-10H,1-3H3,(H,17,19)(H,18,20). The number of benzene rings is 1. The molecule has 0 saturated carbocycles. The van der Waals surface area contributed by atoms with Crippen molar-refractivity contribution >= 4 is 5.91 Å². The first-order valence-electron chi connectivity index (χ1n) is 6.76. The van der Waals surface area contributed by atoms with Crippen LogP contribution in [0.5, 0.6) is 11.5 Å². The minimum Gasteiger partial charge on any atom is -0.493 e. The van der Waals surface area contributed by atoms with E-state index in [1.807, 2.05) is 19.1 Å². The number of amides is 1. The Morgan fingerprint density at radius 2 is 1.86 bits per heavy atom. The Kier molecular flexibility index (Phi) is 4.83. The van der Waals surface area contributed by atoms with E-state index in [9.17, 15) is 9.59 Å². The lowest BCUT2D eigenvalue weighted by atomic mass is 10.1. The van der Waals surface area contributed by atoms with Crippen LogP contribution in [0.1, 0.15) is 28.9 Å². The number of ether oxygens (including phenoxy) is 2. The van der Waals surface area contributed by atoms with E-state index in [4.69, 9.17) is 9.47 Å². The van der Waals surface area contributed by atoms with Crippen molar-refractivity contribution in [2.24, 2.45) is 0 Å². The number of rotatable bonds is 5. The fourth-order valence-corrected chi connectivity index (χ4v) is 2.07. The van der Waals surface area contributed by atoms with Crippen LogP contribution < -0.4 is 20.3 Å². The number of aromatic amines is 1. The fourth-order valence-electron chi connectivity index (χ4n) is 2.07. The molecule has 0 fully saturated rings. The Morgan fingerprint density at radius 1 is 1.14 bits per heavy atom. The molecule has 0 aliphatic carbocycles. The maximum atomic E-state index is 12.1. The Morgan fingerprint density at radius 3 is 2.50 bits per heavy atom. The van der Waals surface area contributed by atoms with E-state index in [2.05, 4.69) is 10.3 Å². The van der Waals surface area contributed by atoms with E-state index in [1.165, 1.54) is 12.3 Å². The number of hydrogen-bond acceptors (Lipinski definition) is 4. The summed E-state index contributed by atoms with van der Waals surface area (Å²) in [5.74, 6) is 0.907. The van der Waals surface area contributed by atoms with Gasteiger partial charge in [0, 0.05) is 17.8 Å². The molecule has 6 heteroatoms. The zero-order valence-corrected chi connectivity index (χ0v) is 12.7. The average molecular weight is 302 g/mol. The Hall–Kier alpha value is -2.76. The largest absolute Gasteiger partial charge is 0.493 e. The molecule has 6 nitrogen and oxygen atoms in total. The minimum atomic E-state index is -0.314. The third-order valence-corrected chi connectivity index (χ3v) is 3.29. The molecule has 2 rings (SSSR count). The van der Waals surface area contributed by atoms with Crippen LogP contribution >= 0.6 is 0 Å². The van der Waals surface area contributed by atoms with E-state index in [-0.39, 0.29) is 17.5 Å². The van der Waals surface area contributed by atoms with Crippen molar-refractivity contribution in [1.29, 1.82) is 0 Å². The highest BCUT2D eigenvalue weighted by molar-refractivity contribution is 5.94. The number of H-pyrrole nitrogens is 1. The lowest BCUT2D eigenvalue weighted by Gasteiger charge is -2.16. The second-order valence-corrected chi connectivity index (χ2v) is 4.75. The maximum absolute atomic E-state index is 12.1. The smallest absolute Gasteiger partial charge is 0.252 e.